The van der Waals surface area contributed by atoms with Crippen LogP contribution < -0.4 is 5.56 Å². The van der Waals surface area contributed by atoms with E-state index in [4.69, 9.17) is 0 Å². The summed E-state index contributed by atoms with van der Waals surface area (Å²) in [5.74, 6) is -0.0539. The number of hydrogen-bond donors (Lipinski definition) is 0. The van der Waals surface area contributed by atoms with Gasteiger partial charge in [0, 0.05) is 10.1 Å². The molecule has 5 nitrogen and oxygen atoms in total. The van der Waals surface area contributed by atoms with Crippen molar-refractivity contribution in [2.75, 3.05) is 5.75 Å². The highest BCUT2D eigenvalue weighted by Gasteiger charge is 2.16. The largest absolute Gasteiger partial charge is 0.298 e. The molecule has 1 heterocycles. The van der Waals surface area contributed by atoms with Gasteiger partial charge in [-0.1, -0.05) is 0 Å². The van der Waals surface area contributed by atoms with Gasteiger partial charge in [-0.3, -0.25) is 9.36 Å². The van der Waals surface area contributed by atoms with Gasteiger partial charge in [-0.25, -0.2) is 13.4 Å². The third kappa shape index (κ3) is 3.20. The summed E-state index contributed by atoms with van der Waals surface area (Å²) < 4.78 is 25.9. The highest BCUT2D eigenvalue weighted by molar-refractivity contribution is 14.1. The molecule has 0 N–H and O–H groups in total. The molecule has 0 bridgehead atoms. The zero-order valence-corrected chi connectivity index (χ0v) is 14.2. The monoisotopic (exact) mass is 406 g/mol. The number of fused-ring (bicyclic) bond motifs is 1. The molecule has 0 aliphatic heterocycles. The Morgan fingerprint density at radius 2 is 2.05 bits per heavy atom. The maximum Gasteiger partial charge on any atom is 0.261 e. The molecule has 0 amide bonds. The van der Waals surface area contributed by atoms with Gasteiger partial charge in [0.05, 0.1) is 28.2 Å². The maximum atomic E-state index is 12.3. The third-order valence-electron chi connectivity index (χ3n) is 3.12. The molecule has 0 saturated heterocycles. The summed E-state index contributed by atoms with van der Waals surface area (Å²) in [5, 5.41) is 0.0777. The van der Waals surface area contributed by atoms with Crippen LogP contribution in [0.4, 0.5) is 0 Å². The second kappa shape index (κ2) is 5.80. The van der Waals surface area contributed by atoms with Crippen molar-refractivity contribution >= 4 is 43.3 Å². The molecule has 0 unspecified atom stereocenters. The van der Waals surface area contributed by atoms with Crippen molar-refractivity contribution < 1.29 is 8.42 Å². The molecule has 108 valence electrons. The lowest BCUT2D eigenvalue weighted by molar-refractivity contribution is 0.578. The van der Waals surface area contributed by atoms with Crippen molar-refractivity contribution in [3.05, 3.63) is 38.5 Å². The number of nitrogens with zero attached hydrogens (tertiary/aromatic N) is 2. The van der Waals surface area contributed by atoms with E-state index >= 15 is 0 Å². The first-order chi connectivity index (χ1) is 9.31. The fourth-order valence-electron chi connectivity index (χ4n) is 1.75. The van der Waals surface area contributed by atoms with Crippen molar-refractivity contribution in [3.63, 3.8) is 0 Å². The molecule has 0 saturated carbocycles. The summed E-state index contributed by atoms with van der Waals surface area (Å²) in [6.45, 7) is 3.41. The first-order valence-electron chi connectivity index (χ1n) is 6.17. The Hall–Kier alpha value is -0.960. The quantitative estimate of drug-likeness (QED) is 0.727. The summed E-state index contributed by atoms with van der Waals surface area (Å²) in [6, 6.07) is 5.43. The molecular weight excluding hydrogens is 391 g/mol. The van der Waals surface area contributed by atoms with Crippen LogP contribution in [0, 0.1) is 3.57 Å². The van der Waals surface area contributed by atoms with Gasteiger partial charge in [0.2, 0.25) is 0 Å². The molecule has 0 aliphatic carbocycles. The number of aromatic nitrogens is 2. The molecule has 2 rings (SSSR count). The van der Waals surface area contributed by atoms with Crippen LogP contribution in [0.25, 0.3) is 10.9 Å². The molecular formula is C13H15IN2O3S. The second-order valence-corrected chi connectivity index (χ2v) is 8.74. The number of aryl methyl sites for hydroxylation is 1. The van der Waals surface area contributed by atoms with Gasteiger partial charge in [-0.2, -0.15) is 0 Å². The van der Waals surface area contributed by atoms with Crippen LogP contribution in [0.1, 0.15) is 13.8 Å². The molecule has 0 fully saturated rings. The average molecular weight is 406 g/mol. The maximum absolute atomic E-state index is 12.3. The molecule has 0 spiro atoms. The van der Waals surface area contributed by atoms with Gasteiger partial charge in [0.15, 0.2) is 9.84 Å². The van der Waals surface area contributed by atoms with Crippen LogP contribution in [-0.2, 0) is 16.4 Å². The summed E-state index contributed by atoms with van der Waals surface area (Å²) in [5.41, 5.74) is 0.422. The number of benzene rings is 1. The molecule has 7 heteroatoms. The zero-order chi connectivity index (χ0) is 14.9. The molecule has 0 aliphatic rings. The number of rotatable bonds is 4. The van der Waals surface area contributed by atoms with Crippen molar-refractivity contribution in [1.82, 2.24) is 9.55 Å². The van der Waals surface area contributed by atoms with Gasteiger partial charge in [0.25, 0.3) is 5.56 Å². The van der Waals surface area contributed by atoms with E-state index in [9.17, 15) is 13.2 Å². The van der Waals surface area contributed by atoms with E-state index in [1.807, 2.05) is 6.07 Å². The van der Waals surface area contributed by atoms with Crippen LogP contribution in [0.3, 0.4) is 0 Å². The van der Waals surface area contributed by atoms with Crippen molar-refractivity contribution in [3.8, 4) is 0 Å². The van der Waals surface area contributed by atoms with Gasteiger partial charge in [-0.05, 0) is 54.6 Å². The Morgan fingerprint density at radius 3 is 2.70 bits per heavy atom. The van der Waals surface area contributed by atoms with Gasteiger partial charge in [-0.15, -0.1) is 0 Å². The fraction of sp³-hybridized carbons (Fsp3) is 0.385. The Bertz CT molecular complexity index is 797. The SMILES string of the molecule is CC(C)S(=O)(=O)CCn1cnc2ccc(I)cc2c1=O. The van der Waals surface area contributed by atoms with E-state index in [1.54, 1.807) is 26.0 Å². The number of sulfone groups is 1. The molecule has 0 atom stereocenters. The Labute approximate surface area is 131 Å². The normalized spacial score (nSPS) is 12.2. The second-order valence-electron chi connectivity index (χ2n) is 4.82. The van der Waals surface area contributed by atoms with Crippen LogP contribution in [0.5, 0.6) is 0 Å². The van der Waals surface area contributed by atoms with E-state index < -0.39 is 15.1 Å². The van der Waals surface area contributed by atoms with E-state index in [2.05, 4.69) is 27.6 Å². The summed E-state index contributed by atoms with van der Waals surface area (Å²) >= 11 is 2.13. The molecule has 1 aromatic carbocycles. The number of hydrogen-bond acceptors (Lipinski definition) is 4. The highest BCUT2D eigenvalue weighted by atomic mass is 127. The van der Waals surface area contributed by atoms with E-state index in [0.717, 1.165) is 3.57 Å². The summed E-state index contributed by atoms with van der Waals surface area (Å²) in [4.78, 5) is 16.5. The minimum absolute atomic E-state index is 0.0539. The Morgan fingerprint density at radius 1 is 1.35 bits per heavy atom. The predicted molar refractivity (Wildman–Crippen MR) is 87.6 cm³/mol. The van der Waals surface area contributed by atoms with Crippen LogP contribution >= 0.6 is 22.6 Å². The van der Waals surface area contributed by atoms with Crippen molar-refractivity contribution in [2.45, 2.75) is 25.6 Å². The molecule has 1 aromatic heterocycles. The van der Waals surface area contributed by atoms with Crippen LogP contribution in [0.15, 0.2) is 29.3 Å². The first-order valence-corrected chi connectivity index (χ1v) is 8.97. The lowest BCUT2D eigenvalue weighted by atomic mass is 10.2. The Kier molecular flexibility index (Phi) is 4.48. The number of halogens is 1. The molecule has 2 aromatic rings. The first kappa shape index (κ1) is 15.4. The molecule has 20 heavy (non-hydrogen) atoms. The Balaban J connectivity index is 2.37. The lowest BCUT2D eigenvalue weighted by Gasteiger charge is -2.09. The van der Waals surface area contributed by atoms with Crippen LogP contribution in [-0.4, -0.2) is 29.0 Å². The smallest absolute Gasteiger partial charge is 0.261 e. The van der Waals surface area contributed by atoms with E-state index in [1.165, 1.54) is 10.9 Å². The van der Waals surface area contributed by atoms with Gasteiger partial charge < -0.3 is 0 Å². The van der Waals surface area contributed by atoms with Gasteiger partial charge >= 0.3 is 0 Å². The summed E-state index contributed by atoms with van der Waals surface area (Å²) in [7, 11) is -3.16. The fourth-order valence-corrected chi connectivity index (χ4v) is 3.17. The van der Waals surface area contributed by atoms with E-state index in [0.29, 0.717) is 10.9 Å². The highest BCUT2D eigenvalue weighted by Crippen LogP contribution is 2.11. The minimum Gasteiger partial charge on any atom is -0.298 e. The summed E-state index contributed by atoms with van der Waals surface area (Å²) in [6.07, 6.45) is 1.41. The standard InChI is InChI=1S/C13H15IN2O3S/c1-9(2)20(18,19)6-5-16-8-15-12-4-3-10(14)7-11(12)13(16)17/h3-4,7-9H,5-6H2,1-2H3. The topological polar surface area (TPSA) is 69.0 Å². The molecule has 0 radical (unpaired) electrons. The third-order valence-corrected chi connectivity index (χ3v) is 5.98. The van der Waals surface area contributed by atoms with Gasteiger partial charge in [0.1, 0.15) is 0 Å². The predicted octanol–water partition coefficient (Wildman–Crippen LogP) is 1.82. The lowest BCUT2D eigenvalue weighted by Crippen LogP contribution is -2.27. The van der Waals surface area contributed by atoms with Crippen LogP contribution in [0.2, 0.25) is 0 Å². The average Bonchev–Trinajstić information content (AvgIpc) is 2.38. The minimum atomic E-state index is -3.16. The van der Waals surface area contributed by atoms with Crippen molar-refractivity contribution in [2.24, 2.45) is 0 Å². The van der Waals surface area contributed by atoms with E-state index in [-0.39, 0.29) is 17.9 Å². The van der Waals surface area contributed by atoms with Crippen molar-refractivity contribution in [1.29, 1.82) is 0 Å². The zero-order valence-electron chi connectivity index (χ0n) is 11.2.